The summed E-state index contributed by atoms with van der Waals surface area (Å²) in [5.74, 6) is 1.14. The standard InChI is InChI=1S/C29H31BrO3/c1-20-26-18-25(32-19-21-8-4-2-5-9-21)16-17-27(26)29(31,23-12-14-24(30)15-13-23)28(33-20)22-10-6-3-7-11-22/h2,4-5,8-9,12-18,20,22,28,31H,3,6-7,10-11,19H2,1H3. The number of fused-ring (bicyclic) bond motifs is 1. The average Bonchev–Trinajstić information content (AvgIpc) is 2.86. The fourth-order valence-electron chi connectivity index (χ4n) is 5.51. The van der Waals surface area contributed by atoms with E-state index in [4.69, 9.17) is 9.47 Å². The van der Waals surface area contributed by atoms with Crippen molar-refractivity contribution in [3.05, 3.63) is 99.5 Å². The van der Waals surface area contributed by atoms with Gasteiger partial charge < -0.3 is 14.6 Å². The first-order valence-corrected chi connectivity index (χ1v) is 12.8. The first-order valence-electron chi connectivity index (χ1n) is 12.0. The van der Waals surface area contributed by atoms with Gasteiger partial charge in [-0.3, -0.25) is 0 Å². The molecule has 1 fully saturated rings. The zero-order valence-electron chi connectivity index (χ0n) is 19.0. The van der Waals surface area contributed by atoms with Gasteiger partial charge in [0.1, 0.15) is 18.0 Å². The second kappa shape index (κ2) is 9.61. The summed E-state index contributed by atoms with van der Waals surface area (Å²) in [6, 6.07) is 24.3. The predicted molar refractivity (Wildman–Crippen MR) is 134 cm³/mol. The van der Waals surface area contributed by atoms with Gasteiger partial charge in [-0.2, -0.15) is 0 Å². The van der Waals surface area contributed by atoms with Crippen LogP contribution in [0.3, 0.4) is 0 Å². The van der Waals surface area contributed by atoms with Crippen LogP contribution in [0.25, 0.3) is 0 Å². The van der Waals surface area contributed by atoms with Crippen molar-refractivity contribution in [2.45, 2.75) is 63.4 Å². The number of ether oxygens (including phenoxy) is 2. The summed E-state index contributed by atoms with van der Waals surface area (Å²) in [7, 11) is 0. The molecule has 0 spiro atoms. The van der Waals surface area contributed by atoms with Crippen molar-refractivity contribution in [1.29, 1.82) is 0 Å². The number of hydrogen-bond donors (Lipinski definition) is 1. The zero-order valence-corrected chi connectivity index (χ0v) is 20.6. The van der Waals surface area contributed by atoms with Gasteiger partial charge in [-0.15, -0.1) is 0 Å². The lowest BCUT2D eigenvalue weighted by molar-refractivity contribution is -0.162. The van der Waals surface area contributed by atoms with Crippen LogP contribution in [0, 0.1) is 5.92 Å². The second-order valence-electron chi connectivity index (χ2n) is 9.39. The minimum Gasteiger partial charge on any atom is -0.489 e. The van der Waals surface area contributed by atoms with Gasteiger partial charge >= 0.3 is 0 Å². The van der Waals surface area contributed by atoms with Gasteiger partial charge in [0.2, 0.25) is 0 Å². The molecular formula is C29H31BrO3. The van der Waals surface area contributed by atoms with Crippen LogP contribution in [0.5, 0.6) is 5.75 Å². The number of aliphatic hydroxyl groups is 1. The van der Waals surface area contributed by atoms with Crippen LogP contribution in [0.15, 0.2) is 77.3 Å². The van der Waals surface area contributed by atoms with Crippen molar-refractivity contribution in [2.75, 3.05) is 0 Å². The first-order chi connectivity index (χ1) is 16.1. The second-order valence-corrected chi connectivity index (χ2v) is 10.3. The fraction of sp³-hybridized carbons (Fsp3) is 0.379. The topological polar surface area (TPSA) is 38.7 Å². The summed E-state index contributed by atoms with van der Waals surface area (Å²) < 4.78 is 13.7. The van der Waals surface area contributed by atoms with E-state index in [1.165, 1.54) is 19.3 Å². The lowest BCUT2D eigenvalue weighted by atomic mass is 9.69. The minimum absolute atomic E-state index is 0.108. The molecule has 1 N–H and O–H groups in total. The summed E-state index contributed by atoms with van der Waals surface area (Å²) in [5.41, 5.74) is 2.75. The Bertz CT molecular complexity index is 1080. The number of hydrogen-bond acceptors (Lipinski definition) is 3. The molecule has 5 rings (SSSR count). The molecule has 0 aromatic heterocycles. The average molecular weight is 507 g/mol. The maximum absolute atomic E-state index is 12.4. The van der Waals surface area contributed by atoms with Crippen LogP contribution in [0.4, 0.5) is 0 Å². The molecule has 1 aliphatic heterocycles. The molecule has 2 aliphatic rings. The van der Waals surface area contributed by atoms with E-state index in [1.54, 1.807) is 0 Å². The summed E-state index contributed by atoms with van der Waals surface area (Å²) in [6.45, 7) is 2.60. The molecule has 3 aromatic rings. The van der Waals surface area contributed by atoms with Crippen LogP contribution in [-0.2, 0) is 16.9 Å². The van der Waals surface area contributed by atoms with Crippen molar-refractivity contribution in [2.24, 2.45) is 5.92 Å². The zero-order chi connectivity index (χ0) is 22.8. The predicted octanol–water partition coefficient (Wildman–Crippen LogP) is 7.30. The molecule has 0 amide bonds. The molecule has 3 atom stereocenters. The number of halogens is 1. The molecule has 0 bridgehead atoms. The summed E-state index contributed by atoms with van der Waals surface area (Å²) >= 11 is 3.54. The van der Waals surface area contributed by atoms with Crippen molar-refractivity contribution >= 4 is 15.9 Å². The van der Waals surface area contributed by atoms with Crippen molar-refractivity contribution < 1.29 is 14.6 Å². The number of benzene rings is 3. The Morgan fingerprint density at radius 3 is 2.42 bits per heavy atom. The maximum atomic E-state index is 12.4. The van der Waals surface area contributed by atoms with Gasteiger partial charge in [0, 0.05) is 4.47 Å². The lowest BCUT2D eigenvalue weighted by Crippen LogP contribution is -2.51. The van der Waals surface area contributed by atoms with Crippen molar-refractivity contribution in [3.63, 3.8) is 0 Å². The highest BCUT2D eigenvalue weighted by Crippen LogP contribution is 2.50. The lowest BCUT2D eigenvalue weighted by Gasteiger charge is -2.48. The van der Waals surface area contributed by atoms with Gasteiger partial charge in [-0.25, -0.2) is 0 Å². The van der Waals surface area contributed by atoms with E-state index < -0.39 is 5.60 Å². The Hall–Kier alpha value is -2.14. The Labute approximate surface area is 204 Å². The number of rotatable bonds is 5. The summed E-state index contributed by atoms with van der Waals surface area (Å²) in [6.07, 6.45) is 5.51. The van der Waals surface area contributed by atoms with E-state index in [9.17, 15) is 5.11 Å². The van der Waals surface area contributed by atoms with Gasteiger partial charge in [0.05, 0.1) is 12.2 Å². The molecule has 1 saturated carbocycles. The normalized spacial score (nSPS) is 25.4. The SMILES string of the molecule is CC1OC(C2CCCCC2)C(O)(c2ccc(Br)cc2)c2ccc(OCc3ccccc3)cc21. The van der Waals surface area contributed by atoms with Gasteiger partial charge in [0.25, 0.3) is 0 Å². The van der Waals surface area contributed by atoms with Crippen molar-refractivity contribution in [1.82, 2.24) is 0 Å². The third-order valence-corrected chi connectivity index (χ3v) is 7.77. The molecule has 0 radical (unpaired) electrons. The van der Waals surface area contributed by atoms with Crippen LogP contribution in [0.1, 0.15) is 67.4 Å². The summed E-state index contributed by atoms with van der Waals surface area (Å²) in [5, 5.41) is 12.4. The van der Waals surface area contributed by atoms with E-state index >= 15 is 0 Å². The fourth-order valence-corrected chi connectivity index (χ4v) is 5.78. The highest BCUT2D eigenvalue weighted by atomic mass is 79.9. The largest absolute Gasteiger partial charge is 0.489 e. The molecule has 1 heterocycles. The third-order valence-electron chi connectivity index (χ3n) is 7.24. The molecule has 3 nitrogen and oxygen atoms in total. The molecule has 3 aromatic carbocycles. The van der Waals surface area contributed by atoms with E-state index in [0.717, 1.165) is 45.3 Å². The molecule has 3 unspecified atom stereocenters. The third kappa shape index (κ3) is 4.49. The Balaban J connectivity index is 1.52. The molecule has 33 heavy (non-hydrogen) atoms. The quantitative estimate of drug-likeness (QED) is 0.394. The molecular weight excluding hydrogens is 476 g/mol. The van der Waals surface area contributed by atoms with Gasteiger partial charge in [0.15, 0.2) is 0 Å². The van der Waals surface area contributed by atoms with Gasteiger partial charge in [-0.05, 0) is 72.2 Å². The van der Waals surface area contributed by atoms with Crippen LogP contribution in [0.2, 0.25) is 0 Å². The first kappa shape index (κ1) is 22.6. The molecule has 172 valence electrons. The molecule has 4 heteroatoms. The molecule has 0 saturated heterocycles. The van der Waals surface area contributed by atoms with E-state index in [2.05, 4.69) is 35.0 Å². The maximum Gasteiger partial charge on any atom is 0.141 e. The van der Waals surface area contributed by atoms with Crippen LogP contribution < -0.4 is 4.74 Å². The Morgan fingerprint density at radius 1 is 0.970 bits per heavy atom. The monoisotopic (exact) mass is 506 g/mol. The van der Waals surface area contributed by atoms with E-state index in [0.29, 0.717) is 12.5 Å². The smallest absolute Gasteiger partial charge is 0.141 e. The van der Waals surface area contributed by atoms with Crippen LogP contribution in [-0.4, -0.2) is 11.2 Å². The minimum atomic E-state index is -1.19. The molecule has 1 aliphatic carbocycles. The Morgan fingerprint density at radius 2 is 1.70 bits per heavy atom. The summed E-state index contributed by atoms with van der Waals surface area (Å²) in [4.78, 5) is 0. The van der Waals surface area contributed by atoms with Crippen LogP contribution >= 0.6 is 15.9 Å². The van der Waals surface area contributed by atoms with E-state index in [-0.39, 0.29) is 12.2 Å². The van der Waals surface area contributed by atoms with E-state index in [1.807, 2.05) is 60.7 Å². The van der Waals surface area contributed by atoms with Crippen molar-refractivity contribution in [3.8, 4) is 5.75 Å². The van der Waals surface area contributed by atoms with Gasteiger partial charge in [-0.1, -0.05) is 83.7 Å². The highest BCUT2D eigenvalue weighted by molar-refractivity contribution is 9.10. The highest BCUT2D eigenvalue weighted by Gasteiger charge is 2.50. The Kier molecular flexibility index (Phi) is 6.60.